The fourth-order valence-electron chi connectivity index (χ4n) is 2.50. The first kappa shape index (κ1) is 13.8. The number of halogens is 2. The number of nitrogens with one attached hydrogen (secondary N) is 1. The van der Waals surface area contributed by atoms with Crippen molar-refractivity contribution in [2.24, 2.45) is 5.92 Å². The van der Waals surface area contributed by atoms with Crippen molar-refractivity contribution in [2.45, 2.75) is 45.1 Å². The van der Waals surface area contributed by atoms with Crippen LogP contribution < -0.4 is 5.32 Å². The molecule has 3 heteroatoms. The third kappa shape index (κ3) is 3.96. The Morgan fingerprint density at radius 2 is 2.22 bits per heavy atom. The van der Waals surface area contributed by atoms with E-state index in [2.05, 4.69) is 12.2 Å². The van der Waals surface area contributed by atoms with E-state index in [0.717, 1.165) is 30.9 Å². The van der Waals surface area contributed by atoms with Crippen molar-refractivity contribution in [3.63, 3.8) is 0 Å². The molecule has 0 heterocycles. The van der Waals surface area contributed by atoms with Gasteiger partial charge in [0.25, 0.3) is 0 Å². The van der Waals surface area contributed by atoms with Crippen LogP contribution in [0.5, 0.6) is 0 Å². The molecule has 0 aliphatic heterocycles. The van der Waals surface area contributed by atoms with Crippen LogP contribution in [0.3, 0.4) is 0 Å². The van der Waals surface area contributed by atoms with E-state index in [1.807, 2.05) is 0 Å². The molecule has 2 rings (SSSR count). The van der Waals surface area contributed by atoms with Crippen LogP contribution in [0.15, 0.2) is 18.2 Å². The molecule has 1 aliphatic rings. The van der Waals surface area contributed by atoms with Crippen LogP contribution in [-0.4, -0.2) is 12.6 Å². The van der Waals surface area contributed by atoms with Crippen molar-refractivity contribution >= 4 is 11.6 Å². The van der Waals surface area contributed by atoms with Crippen LogP contribution in [-0.2, 0) is 6.42 Å². The van der Waals surface area contributed by atoms with Gasteiger partial charge in [-0.1, -0.05) is 24.6 Å². The highest BCUT2D eigenvalue weighted by Gasteiger charge is 2.29. The Morgan fingerprint density at radius 3 is 2.83 bits per heavy atom. The standard InChI is InChI=1S/C15H21ClFN/c1-2-18-15(12-6-7-12)5-3-4-11-8-9-13(17)10-14(11)16/h8-10,12,15,18H,2-7H2,1H3. The van der Waals surface area contributed by atoms with Crippen LogP contribution >= 0.6 is 11.6 Å². The number of aryl methyl sites for hydroxylation is 1. The Kier molecular flexibility index (Phi) is 5.02. The third-order valence-corrected chi connectivity index (χ3v) is 3.99. The van der Waals surface area contributed by atoms with Crippen LogP contribution in [0.2, 0.25) is 5.02 Å². The molecular formula is C15H21ClFN. The third-order valence-electron chi connectivity index (χ3n) is 3.63. The molecule has 0 aromatic heterocycles. The van der Waals surface area contributed by atoms with Crippen molar-refractivity contribution < 1.29 is 4.39 Å². The Morgan fingerprint density at radius 1 is 1.44 bits per heavy atom. The highest BCUT2D eigenvalue weighted by Crippen LogP contribution is 2.34. The minimum atomic E-state index is -0.257. The molecule has 1 atom stereocenters. The zero-order valence-corrected chi connectivity index (χ0v) is 11.6. The van der Waals surface area contributed by atoms with Gasteiger partial charge in [-0.3, -0.25) is 0 Å². The normalized spacial score (nSPS) is 16.8. The lowest BCUT2D eigenvalue weighted by atomic mass is 10.0. The summed E-state index contributed by atoms with van der Waals surface area (Å²) in [5.74, 6) is 0.626. The second-order valence-electron chi connectivity index (χ2n) is 5.13. The van der Waals surface area contributed by atoms with Crippen molar-refractivity contribution in [1.29, 1.82) is 0 Å². The molecule has 1 nitrogen and oxygen atoms in total. The van der Waals surface area contributed by atoms with Crippen LogP contribution in [0.4, 0.5) is 4.39 Å². The van der Waals surface area contributed by atoms with Gasteiger partial charge in [-0.15, -0.1) is 0 Å². The zero-order chi connectivity index (χ0) is 13.0. The highest BCUT2D eigenvalue weighted by atomic mass is 35.5. The first-order valence-corrected chi connectivity index (χ1v) is 7.25. The van der Waals surface area contributed by atoms with Gasteiger partial charge < -0.3 is 5.32 Å². The first-order valence-electron chi connectivity index (χ1n) is 6.88. The van der Waals surface area contributed by atoms with Gasteiger partial charge in [0.05, 0.1) is 0 Å². The summed E-state index contributed by atoms with van der Waals surface area (Å²) < 4.78 is 12.9. The molecule has 1 aliphatic carbocycles. The summed E-state index contributed by atoms with van der Waals surface area (Å²) in [4.78, 5) is 0. The SMILES string of the molecule is CCNC(CCCc1ccc(F)cc1Cl)C1CC1. The second kappa shape index (κ2) is 6.53. The van der Waals surface area contributed by atoms with Gasteiger partial charge >= 0.3 is 0 Å². The Balaban J connectivity index is 1.79. The molecule has 0 amide bonds. The maximum atomic E-state index is 12.9. The average molecular weight is 270 g/mol. The topological polar surface area (TPSA) is 12.0 Å². The van der Waals surface area contributed by atoms with E-state index in [0.29, 0.717) is 11.1 Å². The Labute approximate surface area is 114 Å². The average Bonchev–Trinajstić information content (AvgIpc) is 3.15. The van der Waals surface area contributed by atoms with Gasteiger partial charge in [-0.05, 0) is 62.3 Å². The van der Waals surface area contributed by atoms with Crippen LogP contribution in [0, 0.1) is 11.7 Å². The summed E-state index contributed by atoms with van der Waals surface area (Å²) in [5, 5.41) is 4.12. The number of rotatable bonds is 7. The van der Waals surface area contributed by atoms with Gasteiger partial charge in [-0.25, -0.2) is 4.39 Å². The lowest BCUT2D eigenvalue weighted by molar-refractivity contribution is 0.434. The molecule has 18 heavy (non-hydrogen) atoms. The van der Waals surface area contributed by atoms with Gasteiger partial charge in [0.2, 0.25) is 0 Å². The molecule has 0 bridgehead atoms. The highest BCUT2D eigenvalue weighted by molar-refractivity contribution is 6.31. The zero-order valence-electron chi connectivity index (χ0n) is 10.9. The monoisotopic (exact) mass is 269 g/mol. The van der Waals surface area contributed by atoms with E-state index in [1.54, 1.807) is 6.07 Å². The fraction of sp³-hybridized carbons (Fsp3) is 0.600. The quantitative estimate of drug-likeness (QED) is 0.783. The molecule has 1 fully saturated rings. The molecule has 1 saturated carbocycles. The Bertz CT molecular complexity index is 390. The van der Waals surface area contributed by atoms with Crippen LogP contribution in [0.1, 0.15) is 38.2 Å². The van der Waals surface area contributed by atoms with Gasteiger partial charge in [-0.2, -0.15) is 0 Å². The van der Waals surface area contributed by atoms with E-state index in [1.165, 1.54) is 31.4 Å². The van der Waals surface area contributed by atoms with E-state index in [9.17, 15) is 4.39 Å². The molecule has 1 aromatic rings. The predicted molar refractivity (Wildman–Crippen MR) is 74.5 cm³/mol. The lowest BCUT2D eigenvalue weighted by Crippen LogP contribution is -2.30. The number of benzene rings is 1. The summed E-state index contributed by atoms with van der Waals surface area (Å²) in [6.07, 6.45) is 5.98. The minimum Gasteiger partial charge on any atom is -0.314 e. The molecule has 1 aromatic carbocycles. The van der Waals surface area contributed by atoms with E-state index in [-0.39, 0.29) is 5.82 Å². The van der Waals surface area contributed by atoms with E-state index >= 15 is 0 Å². The summed E-state index contributed by atoms with van der Waals surface area (Å²) in [5.41, 5.74) is 1.06. The van der Waals surface area contributed by atoms with Crippen LogP contribution in [0.25, 0.3) is 0 Å². The van der Waals surface area contributed by atoms with Gasteiger partial charge in [0.1, 0.15) is 5.82 Å². The molecule has 1 unspecified atom stereocenters. The largest absolute Gasteiger partial charge is 0.314 e. The summed E-state index contributed by atoms with van der Waals surface area (Å²) >= 11 is 6.03. The smallest absolute Gasteiger partial charge is 0.124 e. The maximum Gasteiger partial charge on any atom is 0.124 e. The number of hydrogen-bond acceptors (Lipinski definition) is 1. The minimum absolute atomic E-state index is 0.257. The summed E-state index contributed by atoms with van der Waals surface area (Å²) in [7, 11) is 0. The van der Waals surface area contributed by atoms with E-state index in [4.69, 9.17) is 11.6 Å². The lowest BCUT2D eigenvalue weighted by Gasteiger charge is -2.17. The second-order valence-corrected chi connectivity index (χ2v) is 5.54. The molecule has 0 spiro atoms. The van der Waals surface area contributed by atoms with Crippen molar-refractivity contribution in [3.05, 3.63) is 34.6 Å². The molecule has 1 N–H and O–H groups in total. The molecular weight excluding hydrogens is 249 g/mol. The van der Waals surface area contributed by atoms with Gasteiger partial charge in [0.15, 0.2) is 0 Å². The van der Waals surface area contributed by atoms with Gasteiger partial charge in [0, 0.05) is 11.1 Å². The first-order chi connectivity index (χ1) is 8.70. The summed E-state index contributed by atoms with van der Waals surface area (Å²) in [6.45, 7) is 3.20. The molecule has 0 radical (unpaired) electrons. The van der Waals surface area contributed by atoms with Crippen molar-refractivity contribution in [2.75, 3.05) is 6.54 Å². The van der Waals surface area contributed by atoms with Crippen molar-refractivity contribution in [3.8, 4) is 0 Å². The maximum absolute atomic E-state index is 12.9. The van der Waals surface area contributed by atoms with E-state index < -0.39 is 0 Å². The fourth-order valence-corrected chi connectivity index (χ4v) is 2.76. The summed E-state index contributed by atoms with van der Waals surface area (Å²) in [6, 6.07) is 5.36. The molecule has 0 saturated heterocycles. The molecule has 100 valence electrons. The predicted octanol–water partition coefficient (Wildman–Crippen LogP) is 4.19. The number of hydrogen-bond donors (Lipinski definition) is 1. The Hall–Kier alpha value is -0.600. The van der Waals surface area contributed by atoms with Crippen molar-refractivity contribution in [1.82, 2.24) is 5.32 Å².